The Bertz CT molecular complexity index is 516. The molecule has 0 bridgehead atoms. The number of aliphatic hydroxyl groups excluding tert-OH is 1. The van der Waals surface area contributed by atoms with E-state index in [9.17, 15) is 19.5 Å². The number of carbonyl (C=O) groups excluding carboxylic acids is 3. The van der Waals surface area contributed by atoms with Gasteiger partial charge in [0.2, 0.25) is 0 Å². The van der Waals surface area contributed by atoms with Crippen molar-refractivity contribution < 1.29 is 19.5 Å². The smallest absolute Gasteiger partial charge is 0.180 e. The van der Waals surface area contributed by atoms with Crippen molar-refractivity contribution in [1.82, 2.24) is 0 Å². The molecule has 1 aromatic carbocycles. The van der Waals surface area contributed by atoms with Crippen molar-refractivity contribution in [3.05, 3.63) is 48.0 Å². The predicted octanol–water partition coefficient (Wildman–Crippen LogP) is 1.00. The second kappa shape index (κ2) is 5.06. The molecule has 92 valence electrons. The molecule has 18 heavy (non-hydrogen) atoms. The van der Waals surface area contributed by atoms with Gasteiger partial charge in [-0.3, -0.25) is 14.4 Å². The molecule has 2 atom stereocenters. The fraction of sp³-hybridized carbons (Fsp3) is 0.214. The molecule has 0 spiro atoms. The average molecular weight is 244 g/mol. The predicted molar refractivity (Wildman–Crippen MR) is 63.7 cm³/mol. The van der Waals surface area contributed by atoms with Gasteiger partial charge < -0.3 is 5.11 Å². The van der Waals surface area contributed by atoms with E-state index in [1.54, 1.807) is 30.3 Å². The van der Waals surface area contributed by atoms with Crippen LogP contribution in [0, 0.1) is 5.92 Å². The normalized spacial score (nSPS) is 20.8. The van der Waals surface area contributed by atoms with Crippen molar-refractivity contribution in [3.8, 4) is 0 Å². The third-order valence-corrected chi connectivity index (χ3v) is 2.86. The number of benzene rings is 1. The number of hydrogen-bond acceptors (Lipinski definition) is 4. The summed E-state index contributed by atoms with van der Waals surface area (Å²) in [7, 11) is 0. The lowest BCUT2D eigenvalue weighted by Gasteiger charge is -2.17. The minimum absolute atomic E-state index is 0.269. The molecule has 1 aromatic rings. The van der Waals surface area contributed by atoms with Crippen molar-refractivity contribution in [2.75, 3.05) is 0 Å². The highest BCUT2D eigenvalue weighted by Crippen LogP contribution is 2.22. The molecule has 0 aromatic heterocycles. The Balaban J connectivity index is 2.19. The van der Waals surface area contributed by atoms with E-state index in [1.165, 1.54) is 12.2 Å². The Morgan fingerprint density at radius 2 is 1.89 bits per heavy atom. The van der Waals surface area contributed by atoms with E-state index in [0.29, 0.717) is 5.56 Å². The molecule has 2 unspecified atom stereocenters. The van der Waals surface area contributed by atoms with Crippen LogP contribution in [-0.4, -0.2) is 22.5 Å². The molecule has 2 rings (SSSR count). The van der Waals surface area contributed by atoms with Gasteiger partial charge in [-0.2, -0.15) is 0 Å². The van der Waals surface area contributed by atoms with Crippen molar-refractivity contribution in [1.29, 1.82) is 0 Å². The second-order valence-corrected chi connectivity index (χ2v) is 4.16. The third kappa shape index (κ3) is 2.43. The van der Waals surface area contributed by atoms with Crippen LogP contribution in [0.25, 0.3) is 0 Å². The number of ketones is 3. The van der Waals surface area contributed by atoms with E-state index in [0.717, 1.165) is 0 Å². The second-order valence-electron chi connectivity index (χ2n) is 4.16. The number of carbonyl (C=O) groups is 3. The lowest BCUT2D eigenvalue weighted by atomic mass is 9.86. The zero-order valence-corrected chi connectivity index (χ0v) is 9.58. The van der Waals surface area contributed by atoms with E-state index in [2.05, 4.69) is 0 Å². The summed E-state index contributed by atoms with van der Waals surface area (Å²) in [6.45, 7) is 0. The average Bonchev–Trinajstić information content (AvgIpc) is 2.38. The lowest BCUT2D eigenvalue weighted by Crippen LogP contribution is -2.31. The molecule has 0 amide bonds. The van der Waals surface area contributed by atoms with Crippen LogP contribution in [-0.2, 0) is 14.4 Å². The first kappa shape index (κ1) is 12.4. The Labute approximate surface area is 104 Å². The number of Topliss-reactive ketones (excluding diaryl/α,β-unsaturated/α-hetero) is 2. The highest BCUT2D eigenvalue weighted by molar-refractivity contribution is 6.16. The standard InChI is InChI=1S/C14H12O4/c15-10-6-7-11(12(16)8-10)14(18)13(17)9-4-2-1-3-5-9/h1-7,11,13,17H,8H2. The summed E-state index contributed by atoms with van der Waals surface area (Å²) in [4.78, 5) is 34.6. The summed E-state index contributed by atoms with van der Waals surface area (Å²) in [5.41, 5.74) is 0.445. The minimum Gasteiger partial charge on any atom is -0.381 e. The van der Waals surface area contributed by atoms with Crippen molar-refractivity contribution in [2.24, 2.45) is 5.92 Å². The molecule has 0 radical (unpaired) electrons. The highest BCUT2D eigenvalue weighted by atomic mass is 16.3. The molecular formula is C14H12O4. The molecule has 1 aliphatic carbocycles. The molecule has 0 fully saturated rings. The molecule has 0 saturated heterocycles. The van der Waals surface area contributed by atoms with E-state index in [4.69, 9.17) is 0 Å². The minimum atomic E-state index is -1.34. The molecule has 4 nitrogen and oxygen atoms in total. The Kier molecular flexibility index (Phi) is 3.48. The number of aliphatic hydroxyl groups is 1. The quantitative estimate of drug-likeness (QED) is 0.805. The monoisotopic (exact) mass is 244 g/mol. The number of hydrogen-bond donors (Lipinski definition) is 1. The van der Waals surface area contributed by atoms with Gasteiger partial charge in [0.15, 0.2) is 17.3 Å². The fourth-order valence-corrected chi connectivity index (χ4v) is 1.87. The van der Waals surface area contributed by atoms with E-state index >= 15 is 0 Å². The Hall–Kier alpha value is -2.07. The van der Waals surface area contributed by atoms with Crippen LogP contribution >= 0.6 is 0 Å². The zero-order chi connectivity index (χ0) is 13.1. The van der Waals surface area contributed by atoms with Gasteiger partial charge in [0, 0.05) is 0 Å². The van der Waals surface area contributed by atoms with Gasteiger partial charge in [-0.25, -0.2) is 0 Å². The van der Waals surface area contributed by atoms with Crippen LogP contribution in [0.2, 0.25) is 0 Å². The van der Waals surface area contributed by atoms with Crippen LogP contribution in [0.4, 0.5) is 0 Å². The van der Waals surface area contributed by atoms with Crippen molar-refractivity contribution >= 4 is 17.3 Å². The van der Waals surface area contributed by atoms with Crippen LogP contribution in [0.5, 0.6) is 0 Å². The summed E-state index contributed by atoms with van der Waals surface area (Å²) >= 11 is 0. The van der Waals surface area contributed by atoms with Gasteiger partial charge in [-0.15, -0.1) is 0 Å². The first-order valence-electron chi connectivity index (χ1n) is 5.60. The van der Waals surface area contributed by atoms with E-state index in [-0.39, 0.29) is 12.2 Å². The van der Waals surface area contributed by atoms with Crippen molar-refractivity contribution in [2.45, 2.75) is 12.5 Å². The van der Waals surface area contributed by atoms with Crippen LogP contribution in [0.1, 0.15) is 18.1 Å². The van der Waals surface area contributed by atoms with Crippen LogP contribution < -0.4 is 0 Å². The maximum absolute atomic E-state index is 12.0. The van der Waals surface area contributed by atoms with Gasteiger partial charge in [-0.05, 0) is 11.6 Å². The van der Waals surface area contributed by atoms with E-state index < -0.39 is 23.6 Å². The van der Waals surface area contributed by atoms with Gasteiger partial charge >= 0.3 is 0 Å². The summed E-state index contributed by atoms with van der Waals surface area (Å²) in [5.74, 6) is -2.37. The maximum Gasteiger partial charge on any atom is 0.180 e. The van der Waals surface area contributed by atoms with Gasteiger partial charge in [-0.1, -0.05) is 36.4 Å². The van der Waals surface area contributed by atoms with Crippen LogP contribution in [0.3, 0.4) is 0 Å². The van der Waals surface area contributed by atoms with E-state index in [1.807, 2.05) is 0 Å². The summed E-state index contributed by atoms with van der Waals surface area (Å²) < 4.78 is 0. The van der Waals surface area contributed by atoms with Gasteiger partial charge in [0.25, 0.3) is 0 Å². The largest absolute Gasteiger partial charge is 0.381 e. The summed E-state index contributed by atoms with van der Waals surface area (Å²) in [6, 6.07) is 8.41. The Morgan fingerprint density at radius 3 is 2.50 bits per heavy atom. The first-order valence-corrected chi connectivity index (χ1v) is 5.60. The highest BCUT2D eigenvalue weighted by Gasteiger charge is 2.32. The molecule has 0 aliphatic heterocycles. The Morgan fingerprint density at radius 1 is 1.22 bits per heavy atom. The molecule has 1 aliphatic rings. The third-order valence-electron chi connectivity index (χ3n) is 2.86. The lowest BCUT2D eigenvalue weighted by molar-refractivity contribution is -0.137. The van der Waals surface area contributed by atoms with Crippen molar-refractivity contribution in [3.63, 3.8) is 0 Å². The number of allylic oxidation sites excluding steroid dienone is 2. The topological polar surface area (TPSA) is 71.4 Å². The van der Waals surface area contributed by atoms with Gasteiger partial charge in [0.05, 0.1) is 12.3 Å². The molecule has 4 heteroatoms. The molecule has 0 saturated carbocycles. The zero-order valence-electron chi connectivity index (χ0n) is 9.58. The number of rotatable bonds is 3. The first-order chi connectivity index (χ1) is 8.59. The summed E-state index contributed by atoms with van der Waals surface area (Å²) in [5, 5.41) is 9.90. The van der Waals surface area contributed by atoms with Crippen LogP contribution in [0.15, 0.2) is 42.5 Å². The summed E-state index contributed by atoms with van der Waals surface area (Å²) in [6.07, 6.45) is 0.886. The fourth-order valence-electron chi connectivity index (χ4n) is 1.87. The maximum atomic E-state index is 12.0. The molecule has 1 N–H and O–H groups in total. The van der Waals surface area contributed by atoms with Gasteiger partial charge in [0.1, 0.15) is 6.10 Å². The molecular weight excluding hydrogens is 232 g/mol. The molecule has 0 heterocycles. The SMILES string of the molecule is O=C1C=CC(C(=O)C(O)c2ccccc2)C(=O)C1.